The smallest absolute Gasteiger partial charge is 0.126 e. The third kappa shape index (κ3) is 1.30. The molecular weight excluding hydrogens is 254 g/mol. The van der Waals surface area contributed by atoms with E-state index in [9.17, 15) is 0 Å². The molecular formula is C12H11NS3. The van der Waals surface area contributed by atoms with E-state index in [2.05, 4.69) is 42.7 Å². The normalized spacial score (nSPS) is 11.9. The summed E-state index contributed by atoms with van der Waals surface area (Å²) in [6, 6.07) is 9.01. The molecule has 16 heavy (non-hydrogen) atoms. The zero-order chi connectivity index (χ0) is 11.3. The van der Waals surface area contributed by atoms with Crippen molar-refractivity contribution in [1.29, 1.82) is 0 Å². The van der Waals surface area contributed by atoms with Crippen LogP contribution in [0.2, 0.25) is 0 Å². The van der Waals surface area contributed by atoms with Gasteiger partial charge in [-0.2, -0.15) is 0 Å². The van der Waals surface area contributed by atoms with E-state index >= 15 is 0 Å². The number of hydrogen-bond acceptors (Lipinski definition) is 3. The lowest BCUT2D eigenvalue weighted by Crippen LogP contribution is -1.99. The molecule has 0 amide bonds. The van der Waals surface area contributed by atoms with Crippen LogP contribution in [0.15, 0.2) is 24.3 Å². The average molecular weight is 265 g/mol. The van der Waals surface area contributed by atoms with Crippen LogP contribution >= 0.6 is 32.9 Å². The third-order valence-electron chi connectivity index (χ3n) is 2.77. The van der Waals surface area contributed by atoms with Crippen LogP contribution in [0.5, 0.6) is 0 Å². The van der Waals surface area contributed by atoms with Crippen molar-refractivity contribution >= 4 is 54.0 Å². The minimum atomic E-state index is 0.450. The van der Waals surface area contributed by atoms with Gasteiger partial charge in [0.2, 0.25) is 0 Å². The molecule has 0 spiro atoms. The number of nitrogens with zero attached hydrogens (tertiary/aromatic N) is 1. The number of fused-ring (bicyclic) bond motifs is 3. The van der Waals surface area contributed by atoms with Crippen LogP contribution in [0.3, 0.4) is 0 Å². The Balaban J connectivity index is 2.66. The van der Waals surface area contributed by atoms with Gasteiger partial charge in [0.15, 0.2) is 0 Å². The average Bonchev–Trinajstić information content (AvgIpc) is 2.77. The summed E-state index contributed by atoms with van der Waals surface area (Å²) in [7, 11) is 3.50. The molecule has 2 heterocycles. The molecule has 0 bridgehead atoms. The molecule has 0 radical (unpaired) electrons. The maximum atomic E-state index is 5.44. The van der Waals surface area contributed by atoms with Crippen molar-refractivity contribution in [3.05, 3.63) is 28.1 Å². The van der Waals surface area contributed by atoms with Crippen LogP contribution in [0.1, 0.15) is 19.9 Å². The van der Waals surface area contributed by atoms with Gasteiger partial charge in [-0.1, -0.05) is 51.1 Å². The van der Waals surface area contributed by atoms with Crippen LogP contribution in [0.25, 0.3) is 21.1 Å². The number of hydrogen-bond donors (Lipinski definition) is 0. The monoisotopic (exact) mass is 265 g/mol. The van der Waals surface area contributed by atoms with E-state index in [1.54, 1.807) is 20.7 Å². The van der Waals surface area contributed by atoms with Gasteiger partial charge in [0.05, 0.1) is 15.7 Å². The summed E-state index contributed by atoms with van der Waals surface area (Å²) < 4.78 is 4.73. The summed E-state index contributed by atoms with van der Waals surface area (Å²) in [5.74, 6) is 0. The standard InChI is InChI=1S/C12H11NS3/c1-7(2)13-9-6-4-3-5-8(9)11-10(13)12(14)16-15-11/h3-7H,1-2H3. The van der Waals surface area contributed by atoms with Gasteiger partial charge in [0.1, 0.15) is 3.82 Å². The highest BCUT2D eigenvalue weighted by molar-refractivity contribution is 7.81. The molecule has 0 atom stereocenters. The van der Waals surface area contributed by atoms with Gasteiger partial charge < -0.3 is 4.57 Å². The highest BCUT2D eigenvalue weighted by Crippen LogP contribution is 2.38. The molecule has 0 saturated carbocycles. The topological polar surface area (TPSA) is 4.93 Å². The van der Waals surface area contributed by atoms with E-state index in [-0.39, 0.29) is 0 Å². The molecule has 2 aromatic heterocycles. The van der Waals surface area contributed by atoms with Gasteiger partial charge in [-0.25, -0.2) is 0 Å². The first-order valence-corrected chi connectivity index (χ1v) is 7.77. The van der Waals surface area contributed by atoms with Crippen LogP contribution in [0, 0.1) is 3.82 Å². The van der Waals surface area contributed by atoms with Crippen molar-refractivity contribution in [3.8, 4) is 0 Å². The summed E-state index contributed by atoms with van der Waals surface area (Å²) in [6.07, 6.45) is 0. The van der Waals surface area contributed by atoms with Crippen molar-refractivity contribution < 1.29 is 0 Å². The first-order chi connectivity index (χ1) is 7.70. The number of aromatic nitrogens is 1. The summed E-state index contributed by atoms with van der Waals surface area (Å²) in [6.45, 7) is 4.42. The second-order valence-electron chi connectivity index (χ2n) is 4.11. The van der Waals surface area contributed by atoms with Gasteiger partial charge in [0, 0.05) is 11.4 Å². The zero-order valence-corrected chi connectivity index (χ0v) is 11.5. The number of rotatable bonds is 1. The Morgan fingerprint density at radius 2 is 1.94 bits per heavy atom. The molecule has 3 rings (SSSR count). The lowest BCUT2D eigenvalue weighted by Gasteiger charge is -2.10. The fourth-order valence-electron chi connectivity index (χ4n) is 2.16. The highest BCUT2D eigenvalue weighted by atomic mass is 32.9. The maximum Gasteiger partial charge on any atom is 0.126 e. The summed E-state index contributed by atoms with van der Waals surface area (Å²) in [5.41, 5.74) is 2.55. The van der Waals surface area contributed by atoms with Crippen LogP contribution in [-0.4, -0.2) is 4.57 Å². The molecule has 0 aliphatic rings. The van der Waals surface area contributed by atoms with E-state index < -0.39 is 0 Å². The SMILES string of the molecule is CC(C)n1c2ccccc2c2ssc(=S)c21. The largest absolute Gasteiger partial charge is 0.335 e. The van der Waals surface area contributed by atoms with E-state index in [0.29, 0.717) is 6.04 Å². The minimum absolute atomic E-state index is 0.450. The molecule has 1 nitrogen and oxygen atoms in total. The van der Waals surface area contributed by atoms with E-state index in [1.807, 2.05) is 0 Å². The Labute approximate surface area is 106 Å². The number of para-hydroxylation sites is 1. The molecule has 82 valence electrons. The van der Waals surface area contributed by atoms with Crippen molar-refractivity contribution in [1.82, 2.24) is 4.57 Å². The van der Waals surface area contributed by atoms with E-state index in [4.69, 9.17) is 12.2 Å². The molecule has 1 aromatic carbocycles. The molecule has 0 N–H and O–H groups in total. The van der Waals surface area contributed by atoms with E-state index in [0.717, 1.165) is 3.82 Å². The molecule has 3 aromatic rings. The molecule has 0 unspecified atom stereocenters. The maximum absolute atomic E-state index is 5.44. The molecule has 0 aliphatic heterocycles. The predicted octanol–water partition coefficient (Wildman–Crippen LogP) is 5.23. The number of benzene rings is 1. The lowest BCUT2D eigenvalue weighted by atomic mass is 10.2. The lowest BCUT2D eigenvalue weighted by molar-refractivity contribution is 0.642. The molecule has 0 fully saturated rings. The summed E-state index contributed by atoms with van der Waals surface area (Å²) >= 11 is 5.44. The first kappa shape index (κ1) is 10.4. The second-order valence-corrected chi connectivity index (χ2v) is 6.93. The first-order valence-electron chi connectivity index (χ1n) is 5.22. The van der Waals surface area contributed by atoms with E-state index in [1.165, 1.54) is 21.1 Å². The van der Waals surface area contributed by atoms with Gasteiger partial charge in [-0.15, -0.1) is 0 Å². The van der Waals surface area contributed by atoms with Crippen molar-refractivity contribution in [3.63, 3.8) is 0 Å². The Morgan fingerprint density at radius 1 is 1.19 bits per heavy atom. The Kier molecular flexibility index (Phi) is 2.38. The highest BCUT2D eigenvalue weighted by Gasteiger charge is 2.15. The fraction of sp³-hybridized carbons (Fsp3) is 0.250. The quantitative estimate of drug-likeness (QED) is 0.431. The van der Waals surface area contributed by atoms with Gasteiger partial charge in [-0.05, 0) is 19.9 Å². The van der Waals surface area contributed by atoms with Gasteiger partial charge >= 0.3 is 0 Å². The molecule has 0 saturated heterocycles. The predicted molar refractivity (Wildman–Crippen MR) is 76.4 cm³/mol. The fourth-order valence-corrected chi connectivity index (χ4v) is 5.00. The van der Waals surface area contributed by atoms with Crippen LogP contribution in [-0.2, 0) is 0 Å². The van der Waals surface area contributed by atoms with Gasteiger partial charge in [-0.3, -0.25) is 0 Å². The zero-order valence-electron chi connectivity index (χ0n) is 9.06. The Hall–Kier alpha value is -0.710. The molecule has 0 aliphatic carbocycles. The summed E-state index contributed by atoms with van der Waals surface area (Å²) in [4.78, 5) is 0. The Morgan fingerprint density at radius 3 is 2.69 bits per heavy atom. The second kappa shape index (κ2) is 3.65. The van der Waals surface area contributed by atoms with Crippen LogP contribution in [0.4, 0.5) is 0 Å². The Bertz CT molecular complexity index is 715. The van der Waals surface area contributed by atoms with Crippen molar-refractivity contribution in [2.24, 2.45) is 0 Å². The van der Waals surface area contributed by atoms with Crippen LogP contribution < -0.4 is 0 Å². The van der Waals surface area contributed by atoms with Crippen molar-refractivity contribution in [2.75, 3.05) is 0 Å². The van der Waals surface area contributed by atoms with Gasteiger partial charge in [0.25, 0.3) is 0 Å². The molecule has 4 heteroatoms. The van der Waals surface area contributed by atoms with Crippen molar-refractivity contribution in [2.45, 2.75) is 19.9 Å². The third-order valence-corrected chi connectivity index (χ3v) is 5.79. The minimum Gasteiger partial charge on any atom is -0.335 e. The summed E-state index contributed by atoms with van der Waals surface area (Å²) in [5, 5.41) is 1.34.